The highest BCUT2D eigenvalue weighted by Crippen LogP contribution is 2.32. The third kappa shape index (κ3) is 4.31. The zero-order valence-corrected chi connectivity index (χ0v) is 18.4. The second-order valence-electron chi connectivity index (χ2n) is 7.17. The van der Waals surface area contributed by atoms with E-state index in [0.717, 1.165) is 11.1 Å². The highest BCUT2D eigenvalue weighted by molar-refractivity contribution is 7.80. The number of anilines is 1. The predicted molar refractivity (Wildman–Crippen MR) is 127 cm³/mol. The van der Waals surface area contributed by atoms with Crippen molar-refractivity contribution >= 4 is 40.0 Å². The number of para-hydroxylation sites is 2. The van der Waals surface area contributed by atoms with Crippen molar-refractivity contribution in [2.75, 3.05) is 25.6 Å². The fourth-order valence-corrected chi connectivity index (χ4v) is 3.65. The Morgan fingerprint density at radius 1 is 1.03 bits per heavy atom. The number of carbonyl (C=O) groups is 1. The van der Waals surface area contributed by atoms with Crippen LogP contribution in [0.1, 0.15) is 10.4 Å². The van der Waals surface area contributed by atoms with Crippen LogP contribution >= 0.6 is 12.2 Å². The number of hydrogen-bond acceptors (Lipinski definition) is 7. The molecule has 2 heterocycles. The maximum Gasteiger partial charge on any atom is 0.257 e. The lowest BCUT2D eigenvalue weighted by Gasteiger charge is -2.19. The number of aromatic nitrogens is 1. The largest absolute Gasteiger partial charge is 0.495 e. The molecule has 1 amide bonds. The molecule has 5 rings (SSSR count). The molecule has 8 nitrogen and oxygen atoms in total. The summed E-state index contributed by atoms with van der Waals surface area (Å²) in [5, 5.41) is 5.81. The van der Waals surface area contributed by atoms with Crippen LogP contribution in [0.3, 0.4) is 0 Å². The van der Waals surface area contributed by atoms with Crippen LogP contribution in [0, 0.1) is 0 Å². The van der Waals surface area contributed by atoms with Crippen molar-refractivity contribution < 1.29 is 23.4 Å². The van der Waals surface area contributed by atoms with Gasteiger partial charge in [0, 0.05) is 11.1 Å². The van der Waals surface area contributed by atoms with E-state index < -0.39 is 0 Å². The average Bonchev–Trinajstić information content (AvgIpc) is 3.28. The Bertz CT molecular complexity index is 1330. The predicted octanol–water partition coefficient (Wildman–Crippen LogP) is 4.40. The fraction of sp³-hybridized carbons (Fsp3) is 0.125. The molecule has 0 radical (unpaired) electrons. The van der Waals surface area contributed by atoms with Gasteiger partial charge in [-0.2, -0.15) is 0 Å². The topological polar surface area (TPSA) is 94.9 Å². The number of nitrogens with zero attached hydrogens (tertiary/aromatic N) is 1. The van der Waals surface area contributed by atoms with Gasteiger partial charge in [0.15, 0.2) is 22.2 Å². The van der Waals surface area contributed by atoms with E-state index in [1.54, 1.807) is 37.4 Å². The quantitative estimate of drug-likeness (QED) is 0.432. The average molecular weight is 461 g/mol. The summed E-state index contributed by atoms with van der Waals surface area (Å²) in [6, 6.07) is 17.9. The lowest BCUT2D eigenvalue weighted by Crippen LogP contribution is -2.34. The zero-order chi connectivity index (χ0) is 22.8. The van der Waals surface area contributed by atoms with Gasteiger partial charge in [0.2, 0.25) is 5.89 Å². The molecular weight excluding hydrogens is 442 g/mol. The van der Waals surface area contributed by atoms with Crippen molar-refractivity contribution in [1.82, 2.24) is 10.3 Å². The molecule has 0 aliphatic carbocycles. The van der Waals surface area contributed by atoms with Crippen molar-refractivity contribution in [2.24, 2.45) is 0 Å². The first-order valence-corrected chi connectivity index (χ1v) is 10.6. The molecule has 33 heavy (non-hydrogen) atoms. The summed E-state index contributed by atoms with van der Waals surface area (Å²) in [5.41, 5.74) is 3.15. The third-order valence-corrected chi connectivity index (χ3v) is 5.22. The van der Waals surface area contributed by atoms with Crippen LogP contribution in [-0.4, -0.2) is 36.3 Å². The van der Waals surface area contributed by atoms with Gasteiger partial charge in [0.25, 0.3) is 5.91 Å². The Balaban J connectivity index is 1.34. The van der Waals surface area contributed by atoms with Crippen LogP contribution in [0.15, 0.2) is 65.1 Å². The molecule has 1 aliphatic heterocycles. The highest BCUT2D eigenvalue weighted by atomic mass is 32.1. The smallest absolute Gasteiger partial charge is 0.257 e. The lowest BCUT2D eigenvalue weighted by molar-refractivity contribution is 0.0976. The van der Waals surface area contributed by atoms with E-state index in [-0.39, 0.29) is 11.0 Å². The number of fused-ring (bicyclic) bond motifs is 2. The first-order chi connectivity index (χ1) is 16.1. The van der Waals surface area contributed by atoms with E-state index in [0.29, 0.717) is 53.2 Å². The van der Waals surface area contributed by atoms with Crippen LogP contribution in [0.5, 0.6) is 17.2 Å². The monoisotopic (exact) mass is 461 g/mol. The maximum absolute atomic E-state index is 12.7. The molecular formula is C24H19N3O5S. The van der Waals surface area contributed by atoms with Gasteiger partial charge in [-0.25, -0.2) is 4.98 Å². The summed E-state index contributed by atoms with van der Waals surface area (Å²) in [4.78, 5) is 17.2. The Hall–Kier alpha value is -4.11. The molecule has 2 N–H and O–H groups in total. The molecule has 9 heteroatoms. The van der Waals surface area contributed by atoms with Crippen molar-refractivity contribution in [3.63, 3.8) is 0 Å². The van der Waals surface area contributed by atoms with Crippen LogP contribution in [0.4, 0.5) is 5.69 Å². The van der Waals surface area contributed by atoms with Crippen molar-refractivity contribution in [3.05, 3.63) is 66.2 Å². The van der Waals surface area contributed by atoms with Gasteiger partial charge >= 0.3 is 0 Å². The molecule has 0 bridgehead atoms. The zero-order valence-electron chi connectivity index (χ0n) is 17.6. The molecule has 4 aromatic rings. The van der Waals surface area contributed by atoms with Crippen LogP contribution in [0.2, 0.25) is 0 Å². The van der Waals surface area contributed by atoms with Crippen LogP contribution in [-0.2, 0) is 0 Å². The number of oxazole rings is 1. The van der Waals surface area contributed by atoms with E-state index in [9.17, 15) is 4.79 Å². The summed E-state index contributed by atoms with van der Waals surface area (Å²) < 4.78 is 22.3. The van der Waals surface area contributed by atoms with E-state index in [1.807, 2.05) is 30.3 Å². The molecule has 0 atom stereocenters. The molecule has 1 aliphatic rings. The second kappa shape index (κ2) is 8.79. The summed E-state index contributed by atoms with van der Waals surface area (Å²) in [6.07, 6.45) is 0. The van der Waals surface area contributed by atoms with E-state index in [1.165, 1.54) is 0 Å². The van der Waals surface area contributed by atoms with Gasteiger partial charge in [-0.05, 0) is 60.7 Å². The lowest BCUT2D eigenvalue weighted by atomic mass is 10.1. The summed E-state index contributed by atoms with van der Waals surface area (Å²) in [6.45, 7) is 0.922. The SMILES string of the molecule is COc1ccc(-c2nc3ccccc3o2)cc1NC(=S)NC(=O)c1ccc2c(c1)OCCO2. The third-order valence-electron chi connectivity index (χ3n) is 5.02. The maximum atomic E-state index is 12.7. The normalized spacial score (nSPS) is 12.3. The number of methoxy groups -OCH3 is 1. The molecule has 3 aromatic carbocycles. The number of amides is 1. The van der Waals surface area contributed by atoms with E-state index in [2.05, 4.69) is 15.6 Å². The Morgan fingerprint density at radius 3 is 2.67 bits per heavy atom. The molecule has 0 unspecified atom stereocenters. The number of hydrogen-bond donors (Lipinski definition) is 2. The van der Waals surface area contributed by atoms with Gasteiger partial charge in [-0.3, -0.25) is 10.1 Å². The molecule has 0 fully saturated rings. The summed E-state index contributed by atoms with van der Waals surface area (Å²) in [7, 11) is 1.55. The summed E-state index contributed by atoms with van der Waals surface area (Å²) >= 11 is 5.36. The number of ether oxygens (including phenoxy) is 3. The minimum absolute atomic E-state index is 0.114. The first kappa shape index (κ1) is 20.8. The fourth-order valence-electron chi connectivity index (χ4n) is 3.45. The minimum Gasteiger partial charge on any atom is -0.495 e. The summed E-state index contributed by atoms with van der Waals surface area (Å²) in [5.74, 6) is 1.78. The second-order valence-corrected chi connectivity index (χ2v) is 7.58. The van der Waals surface area contributed by atoms with Gasteiger partial charge in [0.05, 0.1) is 12.8 Å². The molecule has 166 valence electrons. The number of thiocarbonyl (C=S) groups is 1. The molecule has 1 aromatic heterocycles. The van der Waals surface area contributed by atoms with Crippen molar-refractivity contribution in [3.8, 4) is 28.7 Å². The van der Waals surface area contributed by atoms with Gasteiger partial charge in [0.1, 0.15) is 24.5 Å². The first-order valence-electron chi connectivity index (χ1n) is 10.2. The van der Waals surface area contributed by atoms with Crippen molar-refractivity contribution in [2.45, 2.75) is 0 Å². The highest BCUT2D eigenvalue weighted by Gasteiger charge is 2.17. The standard InChI is InChI=1S/C24H19N3O5S/c1-29-18-8-7-15(23-25-16-4-2-3-5-19(16)32-23)12-17(18)26-24(33)27-22(28)14-6-9-20-21(13-14)31-11-10-30-20/h2-9,12-13H,10-11H2,1H3,(H2,26,27,28,33). The van der Waals surface area contributed by atoms with E-state index in [4.69, 9.17) is 30.8 Å². The molecule has 0 saturated heterocycles. The molecule has 0 saturated carbocycles. The van der Waals surface area contributed by atoms with Gasteiger partial charge in [-0.1, -0.05) is 12.1 Å². The number of rotatable bonds is 4. The minimum atomic E-state index is -0.376. The number of benzene rings is 3. The van der Waals surface area contributed by atoms with Crippen molar-refractivity contribution in [1.29, 1.82) is 0 Å². The van der Waals surface area contributed by atoms with Gasteiger partial charge in [-0.15, -0.1) is 0 Å². The van der Waals surface area contributed by atoms with Gasteiger partial charge < -0.3 is 23.9 Å². The number of carbonyl (C=O) groups excluding carboxylic acids is 1. The Kier molecular flexibility index (Phi) is 5.54. The van der Waals surface area contributed by atoms with E-state index >= 15 is 0 Å². The Labute approximate surface area is 194 Å². The Morgan fingerprint density at radius 2 is 1.85 bits per heavy atom. The van der Waals surface area contributed by atoms with Crippen LogP contribution < -0.4 is 24.8 Å². The van der Waals surface area contributed by atoms with Crippen LogP contribution in [0.25, 0.3) is 22.6 Å². The molecule has 0 spiro atoms. The number of nitrogens with one attached hydrogen (secondary N) is 2.